The Morgan fingerprint density at radius 1 is 1.27 bits per heavy atom. The van der Waals surface area contributed by atoms with Crippen LogP contribution < -0.4 is 0 Å². The van der Waals surface area contributed by atoms with E-state index >= 15 is 0 Å². The zero-order valence-corrected chi connectivity index (χ0v) is 9.22. The lowest BCUT2D eigenvalue weighted by molar-refractivity contribution is 0.418. The molecule has 0 N–H and O–H groups in total. The summed E-state index contributed by atoms with van der Waals surface area (Å²) in [6, 6.07) is 0.448. The van der Waals surface area contributed by atoms with E-state index in [1.54, 1.807) is 18.6 Å². The van der Waals surface area contributed by atoms with Crippen molar-refractivity contribution in [2.75, 3.05) is 0 Å². The molecule has 2 rings (SSSR count). The second-order valence-corrected chi connectivity index (χ2v) is 3.71. The summed E-state index contributed by atoms with van der Waals surface area (Å²) in [5, 5.41) is 4.38. The smallest absolute Gasteiger partial charge is 0.177 e. The fourth-order valence-electron chi connectivity index (χ4n) is 1.88. The maximum absolute atomic E-state index is 4.38. The van der Waals surface area contributed by atoms with Crippen LogP contribution in [0.25, 0.3) is 11.2 Å². The van der Waals surface area contributed by atoms with Gasteiger partial charge in [0.05, 0.1) is 12.2 Å². The van der Waals surface area contributed by atoms with E-state index in [1.807, 2.05) is 4.68 Å². The van der Waals surface area contributed by atoms with Crippen molar-refractivity contribution in [2.45, 2.75) is 39.2 Å². The molecule has 4 heteroatoms. The molecule has 0 amide bonds. The molecule has 0 aliphatic heterocycles. The minimum atomic E-state index is 0.448. The van der Waals surface area contributed by atoms with Gasteiger partial charge < -0.3 is 0 Å². The van der Waals surface area contributed by atoms with Gasteiger partial charge in [-0.2, -0.15) is 5.10 Å². The predicted octanol–water partition coefficient (Wildman–Crippen LogP) is 2.58. The molecule has 15 heavy (non-hydrogen) atoms. The average molecular weight is 204 g/mol. The van der Waals surface area contributed by atoms with Crippen molar-refractivity contribution in [1.82, 2.24) is 19.7 Å². The molecule has 0 radical (unpaired) electrons. The summed E-state index contributed by atoms with van der Waals surface area (Å²) in [6.07, 6.45) is 8.61. The first-order valence-corrected chi connectivity index (χ1v) is 5.51. The van der Waals surface area contributed by atoms with Crippen LogP contribution in [-0.4, -0.2) is 19.7 Å². The Bertz CT molecular complexity index is 435. The van der Waals surface area contributed by atoms with Crippen molar-refractivity contribution in [2.24, 2.45) is 0 Å². The monoisotopic (exact) mass is 204 g/mol. The fraction of sp³-hybridized carbons (Fsp3) is 0.545. The second kappa shape index (κ2) is 4.38. The molecule has 1 unspecified atom stereocenters. The SMILES string of the molecule is CCCC(CC)n1ncc2nccnc21. The molecule has 2 heterocycles. The Labute approximate surface area is 89.3 Å². The first kappa shape index (κ1) is 10.1. The van der Waals surface area contributed by atoms with E-state index in [1.165, 1.54) is 6.42 Å². The van der Waals surface area contributed by atoms with Crippen LogP contribution in [0, 0.1) is 0 Å². The predicted molar refractivity (Wildman–Crippen MR) is 59.6 cm³/mol. The highest BCUT2D eigenvalue weighted by molar-refractivity contribution is 5.68. The highest BCUT2D eigenvalue weighted by Gasteiger charge is 2.12. The molecule has 4 nitrogen and oxygen atoms in total. The molecule has 0 aromatic carbocycles. The first-order valence-electron chi connectivity index (χ1n) is 5.51. The van der Waals surface area contributed by atoms with Gasteiger partial charge in [-0.15, -0.1) is 0 Å². The van der Waals surface area contributed by atoms with E-state index in [2.05, 4.69) is 28.9 Å². The normalized spacial score (nSPS) is 13.2. The standard InChI is InChI=1S/C11H16N4/c1-3-5-9(4-2)15-11-10(8-14-15)12-6-7-13-11/h6-9H,3-5H2,1-2H3. The van der Waals surface area contributed by atoms with E-state index in [9.17, 15) is 0 Å². The summed E-state index contributed by atoms with van der Waals surface area (Å²) in [6.45, 7) is 4.38. The molecule has 0 spiro atoms. The van der Waals surface area contributed by atoms with Gasteiger partial charge in [0, 0.05) is 12.4 Å². The van der Waals surface area contributed by atoms with Crippen molar-refractivity contribution in [3.8, 4) is 0 Å². The lowest BCUT2D eigenvalue weighted by Crippen LogP contribution is -2.09. The van der Waals surface area contributed by atoms with E-state index in [0.29, 0.717) is 6.04 Å². The van der Waals surface area contributed by atoms with Gasteiger partial charge in [0.25, 0.3) is 0 Å². The Morgan fingerprint density at radius 3 is 2.80 bits per heavy atom. The molecular formula is C11H16N4. The third-order valence-electron chi connectivity index (χ3n) is 2.67. The van der Waals surface area contributed by atoms with Crippen molar-refractivity contribution in [3.63, 3.8) is 0 Å². The van der Waals surface area contributed by atoms with Crippen molar-refractivity contribution in [3.05, 3.63) is 18.6 Å². The molecule has 0 fully saturated rings. The number of hydrogen-bond acceptors (Lipinski definition) is 3. The molecular weight excluding hydrogens is 188 g/mol. The van der Waals surface area contributed by atoms with Gasteiger partial charge in [0.2, 0.25) is 0 Å². The van der Waals surface area contributed by atoms with Crippen LogP contribution in [0.1, 0.15) is 39.2 Å². The largest absolute Gasteiger partial charge is 0.250 e. The van der Waals surface area contributed by atoms with Crippen LogP contribution in [0.4, 0.5) is 0 Å². The molecule has 2 aromatic heterocycles. The second-order valence-electron chi connectivity index (χ2n) is 3.71. The first-order chi connectivity index (χ1) is 7.36. The third kappa shape index (κ3) is 1.84. The third-order valence-corrected chi connectivity index (χ3v) is 2.67. The quantitative estimate of drug-likeness (QED) is 0.768. The van der Waals surface area contributed by atoms with E-state index in [0.717, 1.165) is 24.0 Å². The minimum absolute atomic E-state index is 0.448. The maximum atomic E-state index is 4.38. The maximum Gasteiger partial charge on any atom is 0.177 e. The molecule has 2 aromatic rings. The topological polar surface area (TPSA) is 43.6 Å². The van der Waals surface area contributed by atoms with Gasteiger partial charge in [-0.3, -0.25) is 0 Å². The zero-order chi connectivity index (χ0) is 10.7. The molecule has 80 valence electrons. The Kier molecular flexibility index (Phi) is 2.94. The van der Waals surface area contributed by atoms with Crippen LogP contribution >= 0.6 is 0 Å². The number of rotatable bonds is 4. The summed E-state index contributed by atoms with van der Waals surface area (Å²) >= 11 is 0. The molecule has 0 aliphatic carbocycles. The van der Waals surface area contributed by atoms with Gasteiger partial charge in [-0.05, 0) is 12.8 Å². The molecule has 0 saturated carbocycles. The van der Waals surface area contributed by atoms with Crippen molar-refractivity contribution >= 4 is 11.2 Å². The summed E-state index contributed by atoms with van der Waals surface area (Å²) in [4.78, 5) is 8.56. The molecule has 0 aliphatic rings. The Morgan fingerprint density at radius 2 is 2.07 bits per heavy atom. The zero-order valence-electron chi connectivity index (χ0n) is 9.22. The fourth-order valence-corrected chi connectivity index (χ4v) is 1.88. The van der Waals surface area contributed by atoms with Crippen LogP contribution in [0.2, 0.25) is 0 Å². The summed E-state index contributed by atoms with van der Waals surface area (Å²) in [5.41, 5.74) is 1.78. The average Bonchev–Trinajstić information content (AvgIpc) is 2.70. The van der Waals surface area contributed by atoms with Gasteiger partial charge in [0.1, 0.15) is 5.52 Å². The Balaban J connectivity index is 2.41. The highest BCUT2D eigenvalue weighted by atomic mass is 15.3. The van der Waals surface area contributed by atoms with Crippen LogP contribution in [0.15, 0.2) is 18.6 Å². The van der Waals surface area contributed by atoms with E-state index in [4.69, 9.17) is 0 Å². The van der Waals surface area contributed by atoms with Gasteiger partial charge in [0.15, 0.2) is 5.65 Å². The van der Waals surface area contributed by atoms with Crippen LogP contribution in [0.3, 0.4) is 0 Å². The number of aromatic nitrogens is 4. The number of fused-ring (bicyclic) bond motifs is 1. The lowest BCUT2D eigenvalue weighted by Gasteiger charge is -2.14. The van der Waals surface area contributed by atoms with Crippen molar-refractivity contribution < 1.29 is 0 Å². The van der Waals surface area contributed by atoms with E-state index in [-0.39, 0.29) is 0 Å². The Hall–Kier alpha value is -1.45. The molecule has 0 saturated heterocycles. The molecule has 1 atom stereocenters. The van der Waals surface area contributed by atoms with Crippen molar-refractivity contribution in [1.29, 1.82) is 0 Å². The molecule has 0 bridgehead atoms. The number of nitrogens with zero attached hydrogens (tertiary/aromatic N) is 4. The van der Waals surface area contributed by atoms with Crippen LogP contribution in [0.5, 0.6) is 0 Å². The summed E-state index contributed by atoms with van der Waals surface area (Å²) in [5.74, 6) is 0. The van der Waals surface area contributed by atoms with Gasteiger partial charge in [-0.1, -0.05) is 20.3 Å². The lowest BCUT2D eigenvalue weighted by atomic mass is 10.1. The minimum Gasteiger partial charge on any atom is -0.250 e. The highest BCUT2D eigenvalue weighted by Crippen LogP contribution is 2.20. The van der Waals surface area contributed by atoms with Crippen LogP contribution in [-0.2, 0) is 0 Å². The van der Waals surface area contributed by atoms with Gasteiger partial charge in [-0.25, -0.2) is 14.6 Å². The van der Waals surface area contributed by atoms with E-state index < -0.39 is 0 Å². The summed E-state index contributed by atoms with van der Waals surface area (Å²) < 4.78 is 2.01. The van der Waals surface area contributed by atoms with Gasteiger partial charge >= 0.3 is 0 Å². The summed E-state index contributed by atoms with van der Waals surface area (Å²) in [7, 11) is 0. The number of hydrogen-bond donors (Lipinski definition) is 0.